The summed E-state index contributed by atoms with van der Waals surface area (Å²) >= 11 is 0. The number of hydrogen-bond donors (Lipinski definition) is 2. The molecule has 0 aliphatic rings. The van der Waals surface area contributed by atoms with Crippen LogP contribution < -0.4 is 15.9 Å². The fraction of sp³-hybridized carbons (Fsp3) is 0.222. The van der Waals surface area contributed by atoms with Crippen molar-refractivity contribution in [1.29, 1.82) is 5.26 Å². The van der Waals surface area contributed by atoms with Crippen molar-refractivity contribution in [2.24, 2.45) is 10.8 Å². The molecule has 26 heavy (non-hydrogen) atoms. The molecule has 0 saturated heterocycles. The molecule has 0 aliphatic carbocycles. The van der Waals surface area contributed by atoms with Gasteiger partial charge in [-0.1, -0.05) is 0 Å². The second-order valence-corrected chi connectivity index (χ2v) is 5.39. The number of nitrogens with two attached hydrogens (primary N) is 1. The Morgan fingerprint density at radius 2 is 2.15 bits per heavy atom. The number of nitriles is 1. The lowest BCUT2D eigenvalue weighted by Crippen LogP contribution is -2.19. The minimum atomic E-state index is -0.536. The standard InChI is InChI=1S/C18H19N5O3/c1-12-7-14(10-25-2)16(8-19)18(22-12)23-21-9-13-3-5-15(6-4-13)26-11-17(20)24/h3-7,9H,10-11H2,1-2H3,(H2,20,24)(H,22,23)/b21-9+. The number of hydrazone groups is 1. The number of aryl methyl sites for hydroxylation is 1. The van der Waals surface area contributed by atoms with E-state index in [2.05, 4.69) is 21.6 Å². The first-order valence-electron chi connectivity index (χ1n) is 7.73. The Hall–Kier alpha value is -3.44. The largest absolute Gasteiger partial charge is 0.484 e. The van der Waals surface area contributed by atoms with Gasteiger partial charge in [0.2, 0.25) is 0 Å². The Morgan fingerprint density at radius 3 is 2.77 bits per heavy atom. The predicted molar refractivity (Wildman–Crippen MR) is 96.8 cm³/mol. The molecule has 0 unspecified atom stereocenters. The number of nitrogens with one attached hydrogen (secondary N) is 1. The lowest BCUT2D eigenvalue weighted by Gasteiger charge is -2.09. The van der Waals surface area contributed by atoms with E-state index in [1.54, 1.807) is 37.6 Å². The van der Waals surface area contributed by atoms with Crippen LogP contribution in [0.4, 0.5) is 5.82 Å². The van der Waals surface area contributed by atoms with Gasteiger partial charge in [0.1, 0.15) is 17.4 Å². The zero-order valence-corrected chi connectivity index (χ0v) is 14.5. The smallest absolute Gasteiger partial charge is 0.255 e. The van der Waals surface area contributed by atoms with Crippen molar-refractivity contribution in [3.05, 3.63) is 52.7 Å². The third kappa shape index (κ3) is 5.29. The summed E-state index contributed by atoms with van der Waals surface area (Å²) in [5.41, 5.74) is 10.5. The Kier molecular flexibility index (Phi) is 6.65. The van der Waals surface area contributed by atoms with E-state index >= 15 is 0 Å². The van der Waals surface area contributed by atoms with Crippen LogP contribution in [0.25, 0.3) is 0 Å². The van der Waals surface area contributed by atoms with Gasteiger partial charge < -0.3 is 15.2 Å². The summed E-state index contributed by atoms with van der Waals surface area (Å²) in [5, 5.41) is 13.5. The fourth-order valence-electron chi connectivity index (χ4n) is 2.19. The molecule has 0 aliphatic heterocycles. The van der Waals surface area contributed by atoms with E-state index in [1.807, 2.05) is 13.0 Å². The normalized spacial score (nSPS) is 10.5. The molecule has 134 valence electrons. The molecule has 2 rings (SSSR count). The fourth-order valence-corrected chi connectivity index (χ4v) is 2.19. The van der Waals surface area contributed by atoms with Crippen LogP contribution in [0.15, 0.2) is 35.4 Å². The van der Waals surface area contributed by atoms with Gasteiger partial charge in [0.15, 0.2) is 12.4 Å². The number of carbonyl (C=O) groups is 1. The highest BCUT2D eigenvalue weighted by molar-refractivity contribution is 5.80. The van der Waals surface area contributed by atoms with Crippen LogP contribution in [0.2, 0.25) is 0 Å². The zero-order valence-electron chi connectivity index (χ0n) is 14.5. The van der Waals surface area contributed by atoms with Crippen LogP contribution in [-0.2, 0) is 16.1 Å². The van der Waals surface area contributed by atoms with Gasteiger partial charge in [0, 0.05) is 18.4 Å². The number of amides is 1. The Labute approximate surface area is 151 Å². The molecule has 0 atom stereocenters. The summed E-state index contributed by atoms with van der Waals surface area (Å²) in [6, 6.07) is 10.9. The van der Waals surface area contributed by atoms with Gasteiger partial charge in [-0.05, 0) is 42.8 Å². The minimum Gasteiger partial charge on any atom is -0.484 e. The van der Waals surface area contributed by atoms with Crippen molar-refractivity contribution in [3.8, 4) is 11.8 Å². The number of hydrogen-bond acceptors (Lipinski definition) is 7. The highest BCUT2D eigenvalue weighted by atomic mass is 16.5. The molecule has 1 aromatic heterocycles. The van der Waals surface area contributed by atoms with E-state index in [9.17, 15) is 10.1 Å². The Morgan fingerprint density at radius 1 is 1.42 bits per heavy atom. The third-order valence-electron chi connectivity index (χ3n) is 3.29. The summed E-state index contributed by atoms with van der Waals surface area (Å²) in [6.45, 7) is 1.98. The number of pyridine rings is 1. The number of benzene rings is 1. The molecule has 1 amide bonds. The topological polar surface area (TPSA) is 123 Å². The lowest BCUT2D eigenvalue weighted by molar-refractivity contribution is -0.119. The van der Waals surface area contributed by atoms with Gasteiger partial charge in [0.05, 0.1) is 12.8 Å². The molecule has 1 heterocycles. The second-order valence-electron chi connectivity index (χ2n) is 5.39. The second kappa shape index (κ2) is 9.15. The van der Waals surface area contributed by atoms with E-state index < -0.39 is 5.91 Å². The number of anilines is 1. The summed E-state index contributed by atoms with van der Waals surface area (Å²) < 4.78 is 10.3. The lowest BCUT2D eigenvalue weighted by atomic mass is 10.1. The van der Waals surface area contributed by atoms with E-state index in [0.29, 0.717) is 23.7 Å². The molecule has 2 aromatic rings. The van der Waals surface area contributed by atoms with Crippen molar-refractivity contribution in [2.75, 3.05) is 19.1 Å². The third-order valence-corrected chi connectivity index (χ3v) is 3.29. The van der Waals surface area contributed by atoms with Crippen LogP contribution >= 0.6 is 0 Å². The molecular formula is C18H19N5O3. The van der Waals surface area contributed by atoms with Crippen molar-refractivity contribution >= 4 is 17.9 Å². The molecule has 0 spiro atoms. The first-order valence-corrected chi connectivity index (χ1v) is 7.73. The zero-order chi connectivity index (χ0) is 18.9. The van der Waals surface area contributed by atoms with Gasteiger partial charge in [-0.15, -0.1) is 0 Å². The van der Waals surface area contributed by atoms with E-state index in [0.717, 1.165) is 16.8 Å². The maximum absolute atomic E-state index is 10.7. The van der Waals surface area contributed by atoms with Crippen molar-refractivity contribution in [2.45, 2.75) is 13.5 Å². The molecule has 1 aromatic carbocycles. The summed E-state index contributed by atoms with van der Waals surface area (Å²) in [7, 11) is 1.57. The first kappa shape index (κ1) is 18.9. The molecule has 0 bridgehead atoms. The number of carbonyl (C=O) groups excluding carboxylic acids is 1. The molecule has 0 radical (unpaired) electrons. The molecule has 8 heteroatoms. The van der Waals surface area contributed by atoms with Gasteiger partial charge in [0.25, 0.3) is 5.91 Å². The summed E-state index contributed by atoms with van der Waals surface area (Å²) in [5.74, 6) is 0.370. The SMILES string of the molecule is COCc1cc(C)nc(N/N=C/c2ccc(OCC(N)=O)cc2)c1C#N. The van der Waals surface area contributed by atoms with Crippen molar-refractivity contribution in [1.82, 2.24) is 4.98 Å². The van der Waals surface area contributed by atoms with Crippen LogP contribution in [0.5, 0.6) is 5.75 Å². The minimum absolute atomic E-state index is 0.172. The van der Waals surface area contributed by atoms with Crippen molar-refractivity contribution in [3.63, 3.8) is 0 Å². The summed E-state index contributed by atoms with van der Waals surface area (Å²) in [4.78, 5) is 15.0. The number of nitrogens with zero attached hydrogens (tertiary/aromatic N) is 3. The van der Waals surface area contributed by atoms with Gasteiger partial charge in [-0.2, -0.15) is 10.4 Å². The molecule has 0 saturated carbocycles. The highest BCUT2D eigenvalue weighted by Crippen LogP contribution is 2.19. The van der Waals surface area contributed by atoms with Crippen LogP contribution in [-0.4, -0.2) is 30.8 Å². The molecule has 0 fully saturated rings. The number of methoxy groups -OCH3 is 1. The van der Waals surface area contributed by atoms with E-state index in [4.69, 9.17) is 15.2 Å². The van der Waals surface area contributed by atoms with Crippen LogP contribution in [0.1, 0.15) is 22.4 Å². The molecule has 3 N–H and O–H groups in total. The van der Waals surface area contributed by atoms with Gasteiger partial charge in [-0.3, -0.25) is 10.2 Å². The summed E-state index contributed by atoms with van der Waals surface area (Å²) in [6.07, 6.45) is 1.58. The molecular weight excluding hydrogens is 334 g/mol. The van der Waals surface area contributed by atoms with Gasteiger partial charge in [-0.25, -0.2) is 4.98 Å². The van der Waals surface area contributed by atoms with E-state index in [-0.39, 0.29) is 6.61 Å². The van der Waals surface area contributed by atoms with E-state index in [1.165, 1.54) is 0 Å². The predicted octanol–water partition coefficient (Wildman–Crippen LogP) is 1.72. The van der Waals surface area contributed by atoms with Crippen molar-refractivity contribution < 1.29 is 14.3 Å². The number of ether oxygens (including phenoxy) is 2. The quantitative estimate of drug-likeness (QED) is 0.550. The van der Waals surface area contributed by atoms with Crippen LogP contribution in [0, 0.1) is 18.3 Å². The Balaban J connectivity index is 2.08. The first-order chi connectivity index (χ1) is 12.5. The average Bonchev–Trinajstić information content (AvgIpc) is 2.61. The molecule has 8 nitrogen and oxygen atoms in total. The maximum atomic E-state index is 10.7. The average molecular weight is 353 g/mol. The van der Waals surface area contributed by atoms with Gasteiger partial charge >= 0.3 is 0 Å². The number of primary amides is 1. The van der Waals surface area contributed by atoms with Crippen LogP contribution in [0.3, 0.4) is 0 Å². The monoisotopic (exact) mass is 353 g/mol. The highest BCUT2D eigenvalue weighted by Gasteiger charge is 2.10. The number of aromatic nitrogens is 1. The number of rotatable bonds is 8. The maximum Gasteiger partial charge on any atom is 0.255 e. The Bertz CT molecular complexity index is 841.